The molecular weight excluding hydrogens is 268 g/mol. The van der Waals surface area contributed by atoms with Crippen molar-refractivity contribution in [2.24, 2.45) is 5.10 Å². The van der Waals surface area contributed by atoms with Crippen LogP contribution in [0.1, 0.15) is 18.4 Å². The van der Waals surface area contributed by atoms with Gasteiger partial charge in [-0.15, -0.1) is 0 Å². The first kappa shape index (κ1) is 13.1. The number of hydrogen-bond donors (Lipinski definition) is 1. The molecule has 0 fully saturated rings. The lowest BCUT2D eigenvalue weighted by Crippen LogP contribution is -2.20. The molecule has 3 aromatic rings. The lowest BCUT2D eigenvalue weighted by atomic mass is 9.93. The van der Waals surface area contributed by atoms with E-state index in [4.69, 9.17) is 0 Å². The van der Waals surface area contributed by atoms with Crippen molar-refractivity contribution >= 4 is 16.5 Å². The van der Waals surface area contributed by atoms with E-state index in [1.807, 2.05) is 0 Å². The number of nitrogens with zero attached hydrogens (tertiary/aromatic N) is 1. The molecule has 22 heavy (non-hydrogen) atoms. The van der Waals surface area contributed by atoms with Crippen LogP contribution in [0.4, 0.5) is 0 Å². The van der Waals surface area contributed by atoms with Crippen molar-refractivity contribution in [3.05, 3.63) is 72.3 Å². The molecule has 4 rings (SSSR count). The maximum atomic E-state index is 4.51. The lowest BCUT2D eigenvalue weighted by Gasteiger charge is -2.16. The third kappa shape index (κ3) is 2.37. The minimum absolute atomic E-state index is 0.974. The first-order valence-corrected chi connectivity index (χ1v) is 7.80. The van der Waals surface area contributed by atoms with Crippen molar-refractivity contribution in [1.82, 2.24) is 5.43 Å². The third-order valence-electron chi connectivity index (χ3n) is 4.21. The second-order valence-electron chi connectivity index (χ2n) is 5.68. The Hall–Kier alpha value is -2.61. The van der Waals surface area contributed by atoms with E-state index in [1.54, 1.807) is 0 Å². The molecule has 0 atom stereocenters. The molecule has 1 aliphatic heterocycles. The number of fused-ring (bicyclic) bond motifs is 1. The predicted molar refractivity (Wildman–Crippen MR) is 93.2 cm³/mol. The van der Waals surface area contributed by atoms with E-state index in [0.717, 1.165) is 25.1 Å². The minimum Gasteiger partial charge on any atom is -0.310 e. The monoisotopic (exact) mass is 286 g/mol. The zero-order chi connectivity index (χ0) is 14.8. The summed E-state index contributed by atoms with van der Waals surface area (Å²) >= 11 is 0. The van der Waals surface area contributed by atoms with Crippen molar-refractivity contribution in [3.8, 4) is 11.1 Å². The van der Waals surface area contributed by atoms with Crippen molar-refractivity contribution in [2.75, 3.05) is 6.54 Å². The molecule has 0 spiro atoms. The van der Waals surface area contributed by atoms with Gasteiger partial charge in [0.1, 0.15) is 0 Å². The van der Waals surface area contributed by atoms with Crippen LogP contribution in [0.2, 0.25) is 0 Å². The van der Waals surface area contributed by atoms with Gasteiger partial charge in [0.05, 0.1) is 5.71 Å². The number of nitrogens with one attached hydrogen (secondary N) is 1. The molecule has 1 heterocycles. The lowest BCUT2D eigenvalue weighted by molar-refractivity contribution is 0.662. The quantitative estimate of drug-likeness (QED) is 0.732. The Labute approximate surface area is 130 Å². The Bertz CT molecular complexity index is 849. The maximum Gasteiger partial charge on any atom is 0.0682 e. The molecule has 0 saturated heterocycles. The summed E-state index contributed by atoms with van der Waals surface area (Å²) in [5.41, 5.74) is 8.04. The van der Waals surface area contributed by atoms with Crippen LogP contribution in [-0.4, -0.2) is 12.3 Å². The fourth-order valence-corrected chi connectivity index (χ4v) is 3.08. The maximum absolute atomic E-state index is 4.51. The van der Waals surface area contributed by atoms with E-state index in [9.17, 15) is 0 Å². The topological polar surface area (TPSA) is 24.4 Å². The highest BCUT2D eigenvalue weighted by Crippen LogP contribution is 2.28. The fourth-order valence-electron chi connectivity index (χ4n) is 3.08. The molecule has 1 N–H and O–H groups in total. The smallest absolute Gasteiger partial charge is 0.0682 e. The van der Waals surface area contributed by atoms with Crippen molar-refractivity contribution in [3.63, 3.8) is 0 Å². The third-order valence-corrected chi connectivity index (χ3v) is 4.21. The molecule has 0 bridgehead atoms. The van der Waals surface area contributed by atoms with Crippen molar-refractivity contribution in [1.29, 1.82) is 0 Å². The predicted octanol–water partition coefficient (Wildman–Crippen LogP) is 4.59. The highest BCUT2D eigenvalue weighted by Gasteiger charge is 2.13. The first-order valence-electron chi connectivity index (χ1n) is 7.80. The van der Waals surface area contributed by atoms with E-state index in [1.165, 1.54) is 27.5 Å². The van der Waals surface area contributed by atoms with E-state index < -0.39 is 0 Å². The Morgan fingerprint density at radius 1 is 0.773 bits per heavy atom. The van der Waals surface area contributed by atoms with Gasteiger partial charge in [0.25, 0.3) is 0 Å². The molecule has 0 aromatic heterocycles. The summed E-state index contributed by atoms with van der Waals surface area (Å²) in [6, 6.07) is 23.7. The van der Waals surface area contributed by atoms with E-state index in [-0.39, 0.29) is 0 Å². The van der Waals surface area contributed by atoms with Crippen LogP contribution in [0.3, 0.4) is 0 Å². The van der Waals surface area contributed by atoms with Gasteiger partial charge in [-0.25, -0.2) is 0 Å². The second-order valence-corrected chi connectivity index (χ2v) is 5.68. The molecule has 1 aliphatic rings. The number of benzene rings is 3. The van der Waals surface area contributed by atoms with Crippen LogP contribution >= 0.6 is 0 Å². The molecule has 2 nitrogen and oxygen atoms in total. The molecule has 108 valence electrons. The van der Waals surface area contributed by atoms with E-state index >= 15 is 0 Å². The summed E-state index contributed by atoms with van der Waals surface area (Å²) < 4.78 is 0. The Morgan fingerprint density at radius 3 is 2.36 bits per heavy atom. The van der Waals surface area contributed by atoms with Gasteiger partial charge in [-0.05, 0) is 40.8 Å². The first-order chi connectivity index (χ1) is 10.9. The van der Waals surface area contributed by atoms with Gasteiger partial charge in [0, 0.05) is 12.1 Å². The number of hydrogen-bond acceptors (Lipinski definition) is 2. The fraction of sp³-hybridized carbons (Fsp3) is 0.150. The van der Waals surface area contributed by atoms with Gasteiger partial charge >= 0.3 is 0 Å². The van der Waals surface area contributed by atoms with Gasteiger partial charge in [0.2, 0.25) is 0 Å². The summed E-state index contributed by atoms with van der Waals surface area (Å²) in [6.07, 6.45) is 2.18. The van der Waals surface area contributed by atoms with E-state index in [2.05, 4.69) is 77.3 Å². The molecule has 3 aromatic carbocycles. The molecular formula is C20H18N2. The number of hydrazone groups is 1. The van der Waals surface area contributed by atoms with Gasteiger partial charge < -0.3 is 5.43 Å². The summed E-state index contributed by atoms with van der Waals surface area (Å²) in [5.74, 6) is 0. The zero-order valence-corrected chi connectivity index (χ0v) is 12.4. The van der Waals surface area contributed by atoms with Crippen molar-refractivity contribution < 1.29 is 0 Å². The van der Waals surface area contributed by atoms with E-state index in [0.29, 0.717) is 0 Å². The standard InChI is InChI=1S/C20H18N2/c1-2-7-16-14-17(12-11-15(16)6-1)18-8-3-4-9-19(18)20-10-5-13-21-22-20/h1-4,6-9,11-12,14,21H,5,10,13H2. The van der Waals surface area contributed by atoms with Crippen LogP contribution in [0, 0.1) is 0 Å². The van der Waals surface area contributed by atoms with Crippen LogP contribution in [0.25, 0.3) is 21.9 Å². The molecule has 0 aliphatic carbocycles. The molecule has 0 amide bonds. The summed E-state index contributed by atoms with van der Waals surface area (Å²) in [6.45, 7) is 0.974. The van der Waals surface area contributed by atoms with Gasteiger partial charge in [-0.3, -0.25) is 0 Å². The summed E-state index contributed by atoms with van der Waals surface area (Å²) in [7, 11) is 0. The summed E-state index contributed by atoms with van der Waals surface area (Å²) in [4.78, 5) is 0. The van der Waals surface area contributed by atoms with Crippen LogP contribution in [-0.2, 0) is 0 Å². The minimum atomic E-state index is 0.974. The van der Waals surface area contributed by atoms with Gasteiger partial charge in [-0.1, -0.05) is 60.7 Å². The molecule has 0 radical (unpaired) electrons. The second kappa shape index (κ2) is 5.64. The molecule has 0 unspecified atom stereocenters. The highest BCUT2D eigenvalue weighted by atomic mass is 15.3. The van der Waals surface area contributed by atoms with Crippen LogP contribution < -0.4 is 5.43 Å². The van der Waals surface area contributed by atoms with Crippen LogP contribution in [0.5, 0.6) is 0 Å². The number of rotatable bonds is 2. The zero-order valence-electron chi connectivity index (χ0n) is 12.4. The molecule has 0 saturated carbocycles. The Kier molecular flexibility index (Phi) is 3.36. The average Bonchev–Trinajstić information content (AvgIpc) is 2.62. The van der Waals surface area contributed by atoms with Gasteiger partial charge in [0.15, 0.2) is 0 Å². The Morgan fingerprint density at radius 2 is 1.55 bits per heavy atom. The van der Waals surface area contributed by atoms with Crippen LogP contribution in [0.15, 0.2) is 71.8 Å². The largest absolute Gasteiger partial charge is 0.310 e. The molecule has 2 heteroatoms. The Balaban J connectivity index is 1.85. The van der Waals surface area contributed by atoms with Crippen molar-refractivity contribution in [2.45, 2.75) is 12.8 Å². The summed E-state index contributed by atoms with van der Waals surface area (Å²) in [5, 5.41) is 7.07. The normalized spacial score (nSPS) is 14.5. The average molecular weight is 286 g/mol. The SMILES string of the molecule is c1ccc(-c2ccc3ccccc3c2)c(C2=NNCCC2)c1. The highest BCUT2D eigenvalue weighted by molar-refractivity contribution is 6.06. The van der Waals surface area contributed by atoms with Gasteiger partial charge in [-0.2, -0.15) is 5.10 Å².